The van der Waals surface area contributed by atoms with Crippen molar-refractivity contribution in [2.75, 3.05) is 20.3 Å². The highest BCUT2D eigenvalue weighted by atomic mass is 16.5. The molecule has 0 radical (unpaired) electrons. The molecule has 0 fully saturated rings. The van der Waals surface area contributed by atoms with Crippen LogP contribution in [-0.4, -0.2) is 24.8 Å². The quantitative estimate of drug-likeness (QED) is 0.739. The third-order valence-corrected chi connectivity index (χ3v) is 3.42. The van der Waals surface area contributed by atoms with Crippen molar-refractivity contribution in [2.24, 2.45) is 0 Å². The molecular weight excluding hydrogens is 212 g/mol. The molecule has 1 rings (SSSR count). The standard InChI is InChI=1S/C14H26N2O/c1-6-11(2)16-12(3)9-14(13(16)4)10-15-7-8-17-5/h9,11,15H,6-8,10H2,1-5H3. The molecule has 0 aliphatic rings. The minimum absolute atomic E-state index is 0.586. The molecule has 1 unspecified atom stereocenters. The lowest BCUT2D eigenvalue weighted by atomic mass is 10.2. The van der Waals surface area contributed by atoms with Gasteiger partial charge in [0.25, 0.3) is 0 Å². The van der Waals surface area contributed by atoms with E-state index < -0.39 is 0 Å². The Morgan fingerprint density at radius 3 is 2.71 bits per heavy atom. The van der Waals surface area contributed by atoms with Gasteiger partial charge in [-0.05, 0) is 38.8 Å². The summed E-state index contributed by atoms with van der Waals surface area (Å²) in [4.78, 5) is 0. The van der Waals surface area contributed by atoms with Gasteiger partial charge in [-0.1, -0.05) is 6.92 Å². The number of hydrogen-bond acceptors (Lipinski definition) is 2. The van der Waals surface area contributed by atoms with Crippen LogP contribution in [0.5, 0.6) is 0 Å². The highest BCUT2D eigenvalue weighted by molar-refractivity contribution is 5.27. The van der Waals surface area contributed by atoms with E-state index in [1.165, 1.54) is 23.4 Å². The molecule has 0 bridgehead atoms. The molecule has 0 amide bonds. The fourth-order valence-corrected chi connectivity index (χ4v) is 2.28. The zero-order valence-corrected chi connectivity index (χ0v) is 11.8. The summed E-state index contributed by atoms with van der Waals surface area (Å²) < 4.78 is 7.46. The van der Waals surface area contributed by atoms with Crippen LogP contribution in [0.3, 0.4) is 0 Å². The number of nitrogens with zero attached hydrogens (tertiary/aromatic N) is 1. The van der Waals surface area contributed by atoms with E-state index in [0.717, 1.165) is 19.7 Å². The molecule has 0 aromatic carbocycles. The van der Waals surface area contributed by atoms with Gasteiger partial charge in [0.05, 0.1) is 6.61 Å². The predicted octanol–water partition coefficient (Wildman–Crippen LogP) is 2.81. The second kappa shape index (κ2) is 6.82. The third-order valence-electron chi connectivity index (χ3n) is 3.42. The molecule has 98 valence electrons. The van der Waals surface area contributed by atoms with Crippen molar-refractivity contribution < 1.29 is 4.74 Å². The predicted molar refractivity (Wildman–Crippen MR) is 72.5 cm³/mol. The molecule has 1 N–H and O–H groups in total. The molecule has 0 saturated carbocycles. The van der Waals surface area contributed by atoms with Gasteiger partial charge in [-0.3, -0.25) is 0 Å². The number of ether oxygens (including phenoxy) is 1. The number of aryl methyl sites for hydroxylation is 1. The topological polar surface area (TPSA) is 26.2 Å². The zero-order valence-electron chi connectivity index (χ0n) is 11.8. The Hall–Kier alpha value is -0.800. The van der Waals surface area contributed by atoms with E-state index in [9.17, 15) is 0 Å². The minimum atomic E-state index is 0.586. The first-order valence-electron chi connectivity index (χ1n) is 6.48. The van der Waals surface area contributed by atoms with Crippen LogP contribution in [0.4, 0.5) is 0 Å². The molecule has 1 aromatic heterocycles. The second-order valence-electron chi connectivity index (χ2n) is 4.69. The zero-order chi connectivity index (χ0) is 12.8. The smallest absolute Gasteiger partial charge is 0.0587 e. The Balaban J connectivity index is 2.68. The van der Waals surface area contributed by atoms with Gasteiger partial charge in [0.15, 0.2) is 0 Å². The van der Waals surface area contributed by atoms with Gasteiger partial charge in [0.2, 0.25) is 0 Å². The first kappa shape index (κ1) is 14.3. The lowest BCUT2D eigenvalue weighted by Gasteiger charge is -2.17. The van der Waals surface area contributed by atoms with Crippen LogP contribution in [0.15, 0.2) is 6.07 Å². The molecule has 3 heteroatoms. The van der Waals surface area contributed by atoms with E-state index in [0.29, 0.717) is 6.04 Å². The van der Waals surface area contributed by atoms with Crippen LogP contribution in [0.2, 0.25) is 0 Å². The maximum Gasteiger partial charge on any atom is 0.0587 e. The average Bonchev–Trinajstić information content (AvgIpc) is 2.59. The van der Waals surface area contributed by atoms with Crippen molar-refractivity contribution in [1.29, 1.82) is 0 Å². The van der Waals surface area contributed by atoms with E-state index in [1.54, 1.807) is 7.11 Å². The molecule has 1 atom stereocenters. The molecule has 17 heavy (non-hydrogen) atoms. The molecule has 0 saturated heterocycles. The van der Waals surface area contributed by atoms with Gasteiger partial charge in [0, 0.05) is 37.6 Å². The summed E-state index contributed by atoms with van der Waals surface area (Å²) in [5.74, 6) is 0. The lowest BCUT2D eigenvalue weighted by molar-refractivity contribution is 0.199. The van der Waals surface area contributed by atoms with Gasteiger partial charge in [-0.15, -0.1) is 0 Å². The molecule has 1 heterocycles. The van der Waals surface area contributed by atoms with Crippen molar-refractivity contribution in [3.8, 4) is 0 Å². The maximum atomic E-state index is 5.03. The van der Waals surface area contributed by atoms with E-state index in [2.05, 4.69) is 43.6 Å². The number of nitrogens with one attached hydrogen (secondary N) is 1. The Morgan fingerprint density at radius 2 is 2.12 bits per heavy atom. The first-order valence-corrected chi connectivity index (χ1v) is 6.48. The summed E-state index contributed by atoms with van der Waals surface area (Å²) in [5.41, 5.74) is 4.15. The molecule has 1 aromatic rings. The molecule has 0 aliphatic heterocycles. The van der Waals surface area contributed by atoms with Gasteiger partial charge < -0.3 is 14.6 Å². The fraction of sp³-hybridized carbons (Fsp3) is 0.714. The van der Waals surface area contributed by atoms with Crippen molar-refractivity contribution in [3.63, 3.8) is 0 Å². The summed E-state index contributed by atoms with van der Waals surface area (Å²) >= 11 is 0. The summed E-state index contributed by atoms with van der Waals surface area (Å²) in [6, 6.07) is 2.88. The molecule has 0 aliphatic carbocycles. The third kappa shape index (κ3) is 3.58. The summed E-state index contributed by atoms with van der Waals surface area (Å²) in [7, 11) is 1.73. The molecular formula is C14H26N2O. The number of hydrogen-bond donors (Lipinski definition) is 1. The van der Waals surface area contributed by atoms with Crippen LogP contribution < -0.4 is 5.32 Å². The van der Waals surface area contributed by atoms with Crippen LogP contribution in [0, 0.1) is 13.8 Å². The maximum absolute atomic E-state index is 5.03. The Labute approximate surface area is 105 Å². The van der Waals surface area contributed by atoms with Crippen LogP contribution in [0.25, 0.3) is 0 Å². The Morgan fingerprint density at radius 1 is 1.41 bits per heavy atom. The molecule has 0 spiro atoms. The summed E-state index contributed by atoms with van der Waals surface area (Å²) in [6.07, 6.45) is 1.17. The highest BCUT2D eigenvalue weighted by Gasteiger charge is 2.12. The van der Waals surface area contributed by atoms with Crippen LogP contribution >= 0.6 is 0 Å². The first-order chi connectivity index (χ1) is 8.11. The van der Waals surface area contributed by atoms with E-state index in [4.69, 9.17) is 4.74 Å². The van der Waals surface area contributed by atoms with Crippen molar-refractivity contribution >= 4 is 0 Å². The van der Waals surface area contributed by atoms with Gasteiger partial charge in [-0.2, -0.15) is 0 Å². The minimum Gasteiger partial charge on any atom is -0.383 e. The van der Waals surface area contributed by atoms with Crippen molar-refractivity contribution in [3.05, 3.63) is 23.0 Å². The van der Waals surface area contributed by atoms with Crippen LogP contribution in [0.1, 0.15) is 43.3 Å². The normalized spacial score (nSPS) is 13.0. The fourth-order valence-electron chi connectivity index (χ4n) is 2.28. The van der Waals surface area contributed by atoms with Gasteiger partial charge >= 0.3 is 0 Å². The average molecular weight is 238 g/mol. The summed E-state index contributed by atoms with van der Waals surface area (Å²) in [6.45, 7) is 11.5. The highest BCUT2D eigenvalue weighted by Crippen LogP contribution is 2.21. The Kier molecular flexibility index (Phi) is 5.72. The number of methoxy groups -OCH3 is 1. The second-order valence-corrected chi connectivity index (χ2v) is 4.69. The van der Waals surface area contributed by atoms with Gasteiger partial charge in [-0.25, -0.2) is 0 Å². The number of rotatable bonds is 7. The number of aromatic nitrogens is 1. The SMILES string of the molecule is CCC(C)n1c(C)cc(CNCCOC)c1C. The van der Waals surface area contributed by atoms with E-state index in [1.807, 2.05) is 0 Å². The van der Waals surface area contributed by atoms with Crippen molar-refractivity contribution in [1.82, 2.24) is 9.88 Å². The van der Waals surface area contributed by atoms with Crippen molar-refractivity contribution in [2.45, 2.75) is 46.7 Å². The van der Waals surface area contributed by atoms with E-state index >= 15 is 0 Å². The largest absolute Gasteiger partial charge is 0.383 e. The lowest BCUT2D eigenvalue weighted by Crippen LogP contribution is -2.19. The Bertz CT molecular complexity index is 344. The summed E-state index contributed by atoms with van der Waals surface area (Å²) in [5, 5.41) is 3.40. The van der Waals surface area contributed by atoms with Crippen LogP contribution in [-0.2, 0) is 11.3 Å². The molecule has 3 nitrogen and oxygen atoms in total. The van der Waals surface area contributed by atoms with E-state index in [-0.39, 0.29) is 0 Å². The monoisotopic (exact) mass is 238 g/mol. The van der Waals surface area contributed by atoms with Gasteiger partial charge in [0.1, 0.15) is 0 Å².